The van der Waals surface area contributed by atoms with Crippen LogP contribution < -0.4 is 16.6 Å². The van der Waals surface area contributed by atoms with E-state index in [2.05, 4.69) is 10.7 Å². The number of nitro benzene ring substituents is 1. The highest BCUT2D eigenvalue weighted by Gasteiger charge is 2.13. The van der Waals surface area contributed by atoms with Crippen molar-refractivity contribution in [3.8, 4) is 0 Å². The molecule has 0 aromatic heterocycles. The summed E-state index contributed by atoms with van der Waals surface area (Å²) in [5, 5.41) is 13.6. The SMILES string of the molecule is CC(CS(C)(=O)=O)Nc1cc(NN)cc([N+](=O)[O-])c1. The number of nitrogen functional groups attached to an aromatic ring is 1. The van der Waals surface area contributed by atoms with Gasteiger partial charge in [0.25, 0.3) is 5.69 Å². The molecule has 9 heteroatoms. The molecule has 0 radical (unpaired) electrons. The molecular weight excluding hydrogens is 272 g/mol. The molecule has 0 heterocycles. The van der Waals surface area contributed by atoms with Crippen LogP contribution in [0.25, 0.3) is 0 Å². The molecule has 1 rings (SSSR count). The second-order valence-electron chi connectivity index (χ2n) is 4.31. The van der Waals surface area contributed by atoms with Crippen LogP contribution in [0.3, 0.4) is 0 Å². The zero-order chi connectivity index (χ0) is 14.6. The van der Waals surface area contributed by atoms with Crippen LogP contribution in [0.15, 0.2) is 18.2 Å². The minimum absolute atomic E-state index is 0.0684. The lowest BCUT2D eigenvalue weighted by atomic mass is 10.2. The molecule has 1 atom stereocenters. The molecule has 0 saturated heterocycles. The Morgan fingerprint density at radius 3 is 2.42 bits per heavy atom. The monoisotopic (exact) mass is 288 g/mol. The predicted molar refractivity (Wildman–Crippen MR) is 73.7 cm³/mol. The number of nitrogens with two attached hydrogens (primary N) is 1. The molecule has 0 bridgehead atoms. The van der Waals surface area contributed by atoms with Crippen molar-refractivity contribution in [1.82, 2.24) is 0 Å². The number of anilines is 2. The fraction of sp³-hybridized carbons (Fsp3) is 0.400. The van der Waals surface area contributed by atoms with Gasteiger partial charge in [-0.1, -0.05) is 0 Å². The molecule has 8 nitrogen and oxygen atoms in total. The molecule has 1 unspecified atom stereocenters. The summed E-state index contributed by atoms with van der Waals surface area (Å²) in [6.45, 7) is 1.68. The number of nitrogens with one attached hydrogen (secondary N) is 2. The number of benzene rings is 1. The van der Waals surface area contributed by atoms with Gasteiger partial charge in [0.15, 0.2) is 0 Å². The van der Waals surface area contributed by atoms with Crippen LogP contribution in [0.2, 0.25) is 0 Å². The van der Waals surface area contributed by atoms with E-state index in [0.29, 0.717) is 11.4 Å². The van der Waals surface area contributed by atoms with Gasteiger partial charge in [-0.15, -0.1) is 0 Å². The molecule has 0 saturated carbocycles. The number of rotatable bonds is 6. The van der Waals surface area contributed by atoms with Crippen LogP contribution in [-0.2, 0) is 9.84 Å². The Morgan fingerprint density at radius 2 is 1.95 bits per heavy atom. The van der Waals surface area contributed by atoms with Crippen molar-refractivity contribution in [2.75, 3.05) is 22.8 Å². The van der Waals surface area contributed by atoms with Gasteiger partial charge < -0.3 is 10.7 Å². The maximum absolute atomic E-state index is 11.1. The molecule has 0 aliphatic heterocycles. The van der Waals surface area contributed by atoms with E-state index in [0.717, 1.165) is 6.26 Å². The van der Waals surface area contributed by atoms with Crippen LogP contribution >= 0.6 is 0 Å². The molecule has 19 heavy (non-hydrogen) atoms. The molecular formula is C10H16N4O4S. The number of sulfone groups is 1. The average Bonchev–Trinajstić information content (AvgIpc) is 2.25. The maximum atomic E-state index is 11.1. The van der Waals surface area contributed by atoms with E-state index in [1.54, 1.807) is 13.0 Å². The summed E-state index contributed by atoms with van der Waals surface area (Å²) < 4.78 is 22.3. The third-order valence-corrected chi connectivity index (χ3v) is 3.37. The standard InChI is InChI=1S/C10H16N4O4S/c1-7(6-19(2,17)18)12-8-3-9(13-11)5-10(4-8)14(15)16/h3-5,7,12-13H,6,11H2,1-2H3. The number of nitro groups is 1. The summed E-state index contributed by atoms with van der Waals surface area (Å²) >= 11 is 0. The van der Waals surface area contributed by atoms with Crippen molar-refractivity contribution in [3.63, 3.8) is 0 Å². The summed E-state index contributed by atoms with van der Waals surface area (Å²) in [7, 11) is -3.12. The van der Waals surface area contributed by atoms with Crippen LogP contribution in [0.4, 0.5) is 17.1 Å². The van der Waals surface area contributed by atoms with E-state index in [-0.39, 0.29) is 17.5 Å². The molecule has 0 aliphatic carbocycles. The quantitative estimate of drug-likeness (QED) is 0.400. The molecule has 1 aromatic rings. The van der Waals surface area contributed by atoms with Gasteiger partial charge >= 0.3 is 0 Å². The first kappa shape index (κ1) is 15.2. The van der Waals surface area contributed by atoms with E-state index in [1.807, 2.05) is 0 Å². The smallest absolute Gasteiger partial charge is 0.273 e. The number of hydrazine groups is 1. The fourth-order valence-electron chi connectivity index (χ4n) is 1.66. The van der Waals surface area contributed by atoms with Crippen LogP contribution in [0, 0.1) is 10.1 Å². The van der Waals surface area contributed by atoms with Gasteiger partial charge in [-0.25, -0.2) is 8.42 Å². The number of hydrogen-bond acceptors (Lipinski definition) is 7. The second kappa shape index (κ2) is 5.85. The highest BCUT2D eigenvalue weighted by Crippen LogP contribution is 2.24. The first-order chi connectivity index (χ1) is 8.71. The molecule has 106 valence electrons. The van der Waals surface area contributed by atoms with Gasteiger partial charge in [0.2, 0.25) is 0 Å². The normalized spacial score (nSPS) is 12.8. The third-order valence-electron chi connectivity index (χ3n) is 2.26. The van der Waals surface area contributed by atoms with Crippen molar-refractivity contribution < 1.29 is 13.3 Å². The van der Waals surface area contributed by atoms with E-state index >= 15 is 0 Å². The summed E-state index contributed by atoms with van der Waals surface area (Å²) in [5.74, 6) is 5.16. The number of nitrogens with zero attached hydrogens (tertiary/aromatic N) is 1. The van der Waals surface area contributed by atoms with Gasteiger partial charge in [0.1, 0.15) is 9.84 Å². The second-order valence-corrected chi connectivity index (χ2v) is 6.49. The maximum Gasteiger partial charge on any atom is 0.273 e. The summed E-state index contributed by atoms with van der Waals surface area (Å²) in [4.78, 5) is 10.2. The topological polar surface area (TPSA) is 127 Å². The van der Waals surface area contributed by atoms with Crippen molar-refractivity contribution in [1.29, 1.82) is 0 Å². The zero-order valence-electron chi connectivity index (χ0n) is 10.6. The molecule has 0 aliphatic rings. The summed E-state index contributed by atoms with van der Waals surface area (Å²) in [6, 6.07) is 3.79. The highest BCUT2D eigenvalue weighted by atomic mass is 32.2. The lowest BCUT2D eigenvalue weighted by Gasteiger charge is -2.15. The van der Waals surface area contributed by atoms with Gasteiger partial charge in [-0.3, -0.25) is 16.0 Å². The van der Waals surface area contributed by atoms with Crippen LogP contribution in [-0.4, -0.2) is 31.4 Å². The predicted octanol–water partition coefficient (Wildman–Crippen LogP) is 0.725. The lowest BCUT2D eigenvalue weighted by Crippen LogP contribution is -2.25. The first-order valence-electron chi connectivity index (χ1n) is 5.41. The Morgan fingerprint density at radius 1 is 1.37 bits per heavy atom. The van der Waals surface area contributed by atoms with E-state index in [4.69, 9.17) is 5.84 Å². The Hall–Kier alpha value is -1.87. The fourth-order valence-corrected chi connectivity index (χ4v) is 2.66. The zero-order valence-corrected chi connectivity index (χ0v) is 11.4. The van der Waals surface area contributed by atoms with E-state index in [1.165, 1.54) is 12.1 Å². The van der Waals surface area contributed by atoms with Gasteiger partial charge in [-0.05, 0) is 13.0 Å². The minimum Gasteiger partial charge on any atom is -0.381 e. The van der Waals surface area contributed by atoms with Crippen molar-refractivity contribution in [2.45, 2.75) is 13.0 Å². The van der Waals surface area contributed by atoms with Gasteiger partial charge in [0.05, 0.1) is 16.4 Å². The Balaban J connectivity index is 2.94. The Kier molecular flexibility index (Phi) is 4.67. The van der Waals surface area contributed by atoms with Gasteiger partial charge in [-0.2, -0.15) is 0 Å². The molecule has 4 N–H and O–H groups in total. The van der Waals surface area contributed by atoms with Crippen molar-refractivity contribution in [3.05, 3.63) is 28.3 Å². The van der Waals surface area contributed by atoms with E-state index < -0.39 is 14.8 Å². The van der Waals surface area contributed by atoms with Crippen LogP contribution in [0.5, 0.6) is 0 Å². The average molecular weight is 288 g/mol. The molecule has 0 amide bonds. The summed E-state index contributed by atoms with van der Waals surface area (Å²) in [5.41, 5.74) is 2.98. The number of hydrogen-bond donors (Lipinski definition) is 3. The van der Waals surface area contributed by atoms with Gasteiger partial charge in [0, 0.05) is 30.1 Å². The first-order valence-corrected chi connectivity index (χ1v) is 7.47. The number of non-ortho nitro benzene ring substituents is 1. The Bertz CT molecular complexity index is 573. The third kappa shape index (κ3) is 5.10. The van der Waals surface area contributed by atoms with E-state index in [9.17, 15) is 18.5 Å². The molecule has 0 fully saturated rings. The largest absolute Gasteiger partial charge is 0.381 e. The minimum atomic E-state index is -3.12. The molecule has 1 aromatic carbocycles. The van der Waals surface area contributed by atoms with Crippen LogP contribution in [0.1, 0.15) is 6.92 Å². The lowest BCUT2D eigenvalue weighted by molar-refractivity contribution is -0.384. The van der Waals surface area contributed by atoms with Crippen molar-refractivity contribution in [2.24, 2.45) is 5.84 Å². The molecule has 0 spiro atoms. The highest BCUT2D eigenvalue weighted by molar-refractivity contribution is 7.90. The summed E-state index contributed by atoms with van der Waals surface area (Å²) in [6.07, 6.45) is 1.13. The van der Waals surface area contributed by atoms with Crippen molar-refractivity contribution >= 4 is 26.9 Å². The Labute approximate surface area is 111 Å².